The highest BCUT2D eigenvalue weighted by Crippen LogP contribution is 2.22. The highest BCUT2D eigenvalue weighted by atomic mass is 28.1. The Morgan fingerprint density at radius 2 is 2.50 bits per heavy atom. The van der Waals surface area contributed by atoms with Gasteiger partial charge in [0.25, 0.3) is 0 Å². The Hall–Kier alpha value is -0.313. The van der Waals surface area contributed by atoms with E-state index in [1.165, 1.54) is 0 Å². The van der Waals surface area contributed by atoms with Crippen molar-refractivity contribution in [3.8, 4) is 0 Å². The van der Waals surface area contributed by atoms with Crippen molar-refractivity contribution < 1.29 is 9.53 Å². The summed E-state index contributed by atoms with van der Waals surface area (Å²) < 4.78 is 4.69. The molecule has 0 aliphatic carbocycles. The Kier molecular flexibility index (Phi) is 1.38. The third-order valence-corrected chi connectivity index (χ3v) is 2.05. The van der Waals surface area contributed by atoms with Gasteiger partial charge in [-0.15, -0.1) is 0 Å². The maximum atomic E-state index is 10.5. The average molecular weight is 127 g/mol. The molecular formula is C5H7O2Si. The number of hydrogen-bond acceptors (Lipinski definition) is 2. The lowest BCUT2D eigenvalue weighted by Crippen LogP contribution is -2.06. The third-order valence-electron chi connectivity index (χ3n) is 1.38. The van der Waals surface area contributed by atoms with Gasteiger partial charge in [0.2, 0.25) is 0 Å². The summed E-state index contributed by atoms with van der Waals surface area (Å²) >= 11 is 0. The first-order valence-corrected chi connectivity index (χ1v) is 3.17. The molecule has 2 atom stereocenters. The van der Waals surface area contributed by atoms with Crippen LogP contribution in [0, 0.1) is 5.92 Å². The first kappa shape index (κ1) is 5.82. The monoisotopic (exact) mass is 127 g/mol. The van der Waals surface area contributed by atoms with Crippen LogP contribution in [-0.4, -0.2) is 22.8 Å². The fourth-order valence-electron chi connectivity index (χ4n) is 0.612. The smallest absolute Gasteiger partial charge is 0.308 e. The summed E-state index contributed by atoms with van der Waals surface area (Å²) in [5.74, 6) is -0.0586. The van der Waals surface area contributed by atoms with Crippen molar-refractivity contribution in [3.63, 3.8) is 0 Å². The van der Waals surface area contributed by atoms with Crippen LogP contribution >= 0.6 is 0 Å². The zero-order chi connectivity index (χ0) is 6.15. The summed E-state index contributed by atoms with van der Waals surface area (Å²) in [6.45, 7) is 2.38. The minimum absolute atomic E-state index is 0.0340. The summed E-state index contributed by atoms with van der Waals surface area (Å²) in [5, 5.41) is 0. The molecule has 1 saturated heterocycles. The molecule has 1 fully saturated rings. The van der Waals surface area contributed by atoms with Crippen molar-refractivity contribution in [2.75, 3.05) is 6.61 Å². The van der Waals surface area contributed by atoms with E-state index in [-0.39, 0.29) is 17.4 Å². The van der Waals surface area contributed by atoms with Gasteiger partial charge in [0.1, 0.15) is 0 Å². The molecule has 43 valence electrons. The number of cyclic esters (lactones) is 1. The SMILES string of the molecule is CC1C(=O)OCC1[Si]. The molecule has 0 bridgehead atoms. The van der Waals surface area contributed by atoms with Crippen molar-refractivity contribution in [1.82, 2.24) is 0 Å². The van der Waals surface area contributed by atoms with Gasteiger partial charge in [-0.1, -0.05) is 6.92 Å². The van der Waals surface area contributed by atoms with Gasteiger partial charge in [-0.05, 0) is 5.54 Å². The highest BCUT2D eigenvalue weighted by molar-refractivity contribution is 6.14. The van der Waals surface area contributed by atoms with Crippen LogP contribution in [-0.2, 0) is 9.53 Å². The van der Waals surface area contributed by atoms with Crippen LogP contribution in [0.2, 0.25) is 5.54 Å². The van der Waals surface area contributed by atoms with Crippen LogP contribution < -0.4 is 0 Å². The summed E-state index contributed by atoms with van der Waals surface area (Å²) in [5.41, 5.74) is 0.225. The molecule has 3 heteroatoms. The molecule has 0 aromatic heterocycles. The first-order valence-electron chi connectivity index (χ1n) is 2.59. The van der Waals surface area contributed by atoms with Crippen molar-refractivity contribution in [3.05, 3.63) is 0 Å². The van der Waals surface area contributed by atoms with Gasteiger partial charge in [0.05, 0.1) is 12.5 Å². The van der Waals surface area contributed by atoms with Gasteiger partial charge in [-0.2, -0.15) is 0 Å². The Morgan fingerprint density at radius 3 is 2.62 bits per heavy atom. The van der Waals surface area contributed by atoms with Gasteiger partial charge in [0, 0.05) is 10.2 Å². The summed E-state index contributed by atoms with van der Waals surface area (Å²) in [7, 11) is 3.35. The lowest BCUT2D eigenvalue weighted by Gasteiger charge is -1.97. The molecule has 0 spiro atoms. The second kappa shape index (κ2) is 1.89. The topological polar surface area (TPSA) is 26.3 Å². The van der Waals surface area contributed by atoms with E-state index in [0.717, 1.165) is 0 Å². The molecule has 1 heterocycles. The van der Waals surface area contributed by atoms with Crippen molar-refractivity contribution in [2.45, 2.75) is 12.5 Å². The Bertz CT molecular complexity index is 113. The van der Waals surface area contributed by atoms with Gasteiger partial charge >= 0.3 is 5.97 Å². The molecule has 1 aliphatic rings. The van der Waals surface area contributed by atoms with Crippen LogP contribution in [0.3, 0.4) is 0 Å². The predicted molar refractivity (Wildman–Crippen MR) is 29.6 cm³/mol. The zero-order valence-corrected chi connectivity index (χ0v) is 5.68. The molecular weight excluding hydrogens is 120 g/mol. The van der Waals surface area contributed by atoms with Crippen molar-refractivity contribution in [1.29, 1.82) is 0 Å². The summed E-state index contributed by atoms with van der Waals surface area (Å²) in [6.07, 6.45) is 0. The number of carbonyl (C=O) groups excluding carboxylic acids is 1. The van der Waals surface area contributed by atoms with E-state index >= 15 is 0 Å². The molecule has 2 nitrogen and oxygen atoms in total. The molecule has 0 amide bonds. The average Bonchev–Trinajstić information content (AvgIpc) is 1.98. The fourth-order valence-corrected chi connectivity index (χ4v) is 0.831. The van der Waals surface area contributed by atoms with E-state index in [4.69, 9.17) is 0 Å². The maximum absolute atomic E-state index is 10.5. The number of hydrogen-bond donors (Lipinski definition) is 0. The predicted octanol–water partition coefficient (Wildman–Crippen LogP) is 0.136. The summed E-state index contributed by atoms with van der Waals surface area (Å²) in [6, 6.07) is 0. The van der Waals surface area contributed by atoms with Crippen LogP contribution in [0.5, 0.6) is 0 Å². The molecule has 8 heavy (non-hydrogen) atoms. The third kappa shape index (κ3) is 0.776. The second-order valence-corrected chi connectivity index (χ2v) is 2.77. The van der Waals surface area contributed by atoms with E-state index in [2.05, 4.69) is 15.0 Å². The highest BCUT2D eigenvalue weighted by Gasteiger charge is 2.28. The van der Waals surface area contributed by atoms with E-state index in [9.17, 15) is 4.79 Å². The molecule has 0 N–H and O–H groups in total. The van der Waals surface area contributed by atoms with Crippen LogP contribution in [0.1, 0.15) is 6.92 Å². The lowest BCUT2D eigenvalue weighted by molar-refractivity contribution is -0.140. The standard InChI is InChI=1S/C5H7O2Si/c1-3-4(8)2-7-5(3)6/h3-4H,2H2,1H3. The Morgan fingerprint density at radius 1 is 1.88 bits per heavy atom. The molecule has 1 aliphatic heterocycles. The van der Waals surface area contributed by atoms with Crippen molar-refractivity contribution in [2.24, 2.45) is 5.92 Å². The van der Waals surface area contributed by atoms with Gasteiger partial charge in [-0.3, -0.25) is 4.79 Å². The number of carbonyl (C=O) groups is 1. The lowest BCUT2D eigenvalue weighted by atomic mass is 10.1. The molecule has 3 radical (unpaired) electrons. The van der Waals surface area contributed by atoms with E-state index in [1.54, 1.807) is 0 Å². The molecule has 0 saturated carbocycles. The number of esters is 1. The molecule has 1 rings (SSSR count). The number of rotatable bonds is 0. The minimum atomic E-state index is -0.0926. The van der Waals surface area contributed by atoms with E-state index < -0.39 is 0 Å². The van der Waals surface area contributed by atoms with E-state index in [0.29, 0.717) is 6.61 Å². The maximum Gasteiger partial charge on any atom is 0.308 e. The first-order chi connectivity index (χ1) is 3.72. The summed E-state index contributed by atoms with van der Waals surface area (Å²) in [4.78, 5) is 10.5. The molecule has 0 aromatic carbocycles. The van der Waals surface area contributed by atoms with Crippen molar-refractivity contribution >= 4 is 16.2 Å². The Balaban J connectivity index is 2.56. The van der Waals surface area contributed by atoms with Crippen LogP contribution in [0.25, 0.3) is 0 Å². The van der Waals surface area contributed by atoms with Crippen LogP contribution in [0.15, 0.2) is 0 Å². The second-order valence-electron chi connectivity index (χ2n) is 2.03. The van der Waals surface area contributed by atoms with E-state index in [1.807, 2.05) is 6.92 Å². The largest absolute Gasteiger partial charge is 0.465 e. The van der Waals surface area contributed by atoms with Gasteiger partial charge in [0.15, 0.2) is 0 Å². The van der Waals surface area contributed by atoms with Gasteiger partial charge in [-0.25, -0.2) is 0 Å². The molecule has 0 aromatic rings. The fraction of sp³-hybridized carbons (Fsp3) is 0.800. The number of ether oxygens (including phenoxy) is 1. The minimum Gasteiger partial charge on any atom is -0.465 e. The normalized spacial score (nSPS) is 37.5. The van der Waals surface area contributed by atoms with Gasteiger partial charge < -0.3 is 4.74 Å². The Labute approximate surface area is 51.6 Å². The quantitative estimate of drug-likeness (QED) is 0.341. The van der Waals surface area contributed by atoms with Crippen LogP contribution in [0.4, 0.5) is 0 Å². The molecule has 2 unspecified atom stereocenters. The zero-order valence-electron chi connectivity index (χ0n) is 4.68.